The van der Waals surface area contributed by atoms with Gasteiger partial charge in [-0.25, -0.2) is 0 Å². The second-order valence-electron chi connectivity index (χ2n) is 6.08. The van der Waals surface area contributed by atoms with Crippen molar-refractivity contribution < 1.29 is 14.3 Å². The molecule has 1 aliphatic heterocycles. The highest BCUT2D eigenvalue weighted by atomic mass is 35.5. The number of amides is 1. The molecule has 2 N–H and O–H groups in total. The number of benzene rings is 1. The first-order valence-electron chi connectivity index (χ1n) is 9.11. The first-order chi connectivity index (χ1) is 11.7. The molecule has 2 rings (SSSR count). The van der Waals surface area contributed by atoms with Crippen molar-refractivity contribution in [3.05, 3.63) is 23.8 Å². The van der Waals surface area contributed by atoms with Gasteiger partial charge in [-0.15, -0.1) is 12.4 Å². The minimum atomic E-state index is 0. The number of nitrogens with one attached hydrogen (secondary N) is 2. The van der Waals surface area contributed by atoms with Crippen LogP contribution in [0.5, 0.6) is 11.5 Å². The molecular weight excluding hydrogens is 340 g/mol. The first kappa shape index (κ1) is 21.6. The Labute approximate surface area is 157 Å². The summed E-state index contributed by atoms with van der Waals surface area (Å²) in [4.78, 5) is 11.9. The van der Waals surface area contributed by atoms with Crippen molar-refractivity contribution in [1.29, 1.82) is 0 Å². The van der Waals surface area contributed by atoms with Crippen LogP contribution in [0.1, 0.15) is 45.1 Å². The van der Waals surface area contributed by atoms with Crippen LogP contribution in [-0.4, -0.2) is 38.3 Å². The summed E-state index contributed by atoms with van der Waals surface area (Å²) in [5, 5.41) is 6.43. The van der Waals surface area contributed by atoms with E-state index in [1.807, 2.05) is 32.0 Å². The van der Waals surface area contributed by atoms with Gasteiger partial charge in [-0.05, 0) is 63.8 Å². The van der Waals surface area contributed by atoms with Crippen molar-refractivity contribution in [1.82, 2.24) is 10.6 Å². The highest BCUT2D eigenvalue weighted by Crippen LogP contribution is 2.28. The lowest BCUT2D eigenvalue weighted by Gasteiger charge is -2.13. The molecule has 1 unspecified atom stereocenters. The number of ether oxygens (including phenoxy) is 2. The molecule has 0 aromatic heterocycles. The third-order valence-electron chi connectivity index (χ3n) is 4.23. The minimum Gasteiger partial charge on any atom is -0.490 e. The lowest BCUT2D eigenvalue weighted by Crippen LogP contribution is -2.28. The SMILES string of the molecule is CCOc1ccc(CCNC(=O)CCC2CCCN2)cc1OCC.Cl. The van der Waals surface area contributed by atoms with Gasteiger partial charge >= 0.3 is 0 Å². The summed E-state index contributed by atoms with van der Waals surface area (Å²) in [6.45, 7) is 6.88. The lowest BCUT2D eigenvalue weighted by atomic mass is 10.1. The monoisotopic (exact) mass is 370 g/mol. The number of carbonyl (C=O) groups is 1. The molecule has 1 heterocycles. The number of hydrogen-bond donors (Lipinski definition) is 2. The number of carbonyl (C=O) groups excluding carboxylic acids is 1. The molecule has 0 spiro atoms. The molecule has 142 valence electrons. The second-order valence-corrected chi connectivity index (χ2v) is 6.08. The van der Waals surface area contributed by atoms with E-state index in [9.17, 15) is 4.79 Å². The fraction of sp³-hybridized carbons (Fsp3) is 0.632. The third-order valence-corrected chi connectivity index (χ3v) is 4.23. The van der Waals surface area contributed by atoms with Crippen molar-refractivity contribution >= 4 is 18.3 Å². The standard InChI is InChI=1S/C19H30N2O3.ClH/c1-3-23-17-9-7-15(14-18(17)24-4-2)11-13-21-19(22)10-8-16-6-5-12-20-16;/h7,9,14,16,20H,3-6,8,10-13H2,1-2H3,(H,21,22);1H. The molecule has 1 amide bonds. The molecule has 0 bridgehead atoms. The predicted molar refractivity (Wildman–Crippen MR) is 103 cm³/mol. The molecule has 0 radical (unpaired) electrons. The molecule has 1 atom stereocenters. The zero-order chi connectivity index (χ0) is 17.2. The minimum absolute atomic E-state index is 0. The summed E-state index contributed by atoms with van der Waals surface area (Å²) in [7, 11) is 0. The maximum absolute atomic E-state index is 11.9. The Morgan fingerprint density at radius 1 is 1.24 bits per heavy atom. The van der Waals surface area contributed by atoms with E-state index in [1.165, 1.54) is 12.8 Å². The maximum Gasteiger partial charge on any atom is 0.220 e. The lowest BCUT2D eigenvalue weighted by molar-refractivity contribution is -0.121. The fourth-order valence-electron chi connectivity index (χ4n) is 2.99. The van der Waals surface area contributed by atoms with Crippen molar-refractivity contribution in [2.45, 2.75) is 52.0 Å². The molecule has 1 aliphatic rings. The van der Waals surface area contributed by atoms with Crippen LogP contribution in [0, 0.1) is 0 Å². The zero-order valence-electron chi connectivity index (χ0n) is 15.3. The van der Waals surface area contributed by atoms with Crippen LogP contribution < -0.4 is 20.1 Å². The maximum atomic E-state index is 11.9. The van der Waals surface area contributed by atoms with Crippen LogP contribution >= 0.6 is 12.4 Å². The summed E-state index contributed by atoms with van der Waals surface area (Å²) in [5.74, 6) is 1.69. The van der Waals surface area contributed by atoms with Gasteiger partial charge in [0.2, 0.25) is 5.91 Å². The molecule has 1 fully saturated rings. The fourth-order valence-corrected chi connectivity index (χ4v) is 2.99. The van der Waals surface area contributed by atoms with Crippen molar-refractivity contribution in [2.75, 3.05) is 26.3 Å². The molecule has 5 nitrogen and oxygen atoms in total. The molecule has 0 aliphatic carbocycles. The molecule has 1 saturated heterocycles. The number of rotatable bonds is 10. The molecule has 6 heteroatoms. The quantitative estimate of drug-likeness (QED) is 0.664. The topological polar surface area (TPSA) is 59.6 Å². The van der Waals surface area contributed by atoms with Crippen LogP contribution in [0.4, 0.5) is 0 Å². The smallest absolute Gasteiger partial charge is 0.220 e. The molecular formula is C19H31ClN2O3. The first-order valence-corrected chi connectivity index (χ1v) is 9.11. The van der Waals surface area contributed by atoms with Gasteiger partial charge in [0.15, 0.2) is 11.5 Å². The van der Waals surface area contributed by atoms with Gasteiger partial charge in [0.25, 0.3) is 0 Å². The zero-order valence-corrected chi connectivity index (χ0v) is 16.1. The van der Waals surface area contributed by atoms with E-state index in [0.717, 1.165) is 36.4 Å². The van der Waals surface area contributed by atoms with E-state index < -0.39 is 0 Å². The summed E-state index contributed by atoms with van der Waals surface area (Å²) in [5.41, 5.74) is 1.14. The van der Waals surface area contributed by atoms with Gasteiger partial charge in [-0.3, -0.25) is 4.79 Å². The van der Waals surface area contributed by atoms with E-state index >= 15 is 0 Å². The van der Waals surface area contributed by atoms with Crippen LogP contribution in [0.25, 0.3) is 0 Å². The van der Waals surface area contributed by atoms with Crippen LogP contribution in [0.3, 0.4) is 0 Å². The van der Waals surface area contributed by atoms with Crippen LogP contribution in [0.2, 0.25) is 0 Å². The summed E-state index contributed by atoms with van der Waals surface area (Å²) < 4.78 is 11.2. The molecule has 25 heavy (non-hydrogen) atoms. The Balaban J connectivity index is 0.00000312. The van der Waals surface area contributed by atoms with Crippen molar-refractivity contribution in [3.63, 3.8) is 0 Å². The van der Waals surface area contributed by atoms with Gasteiger partial charge in [-0.2, -0.15) is 0 Å². The van der Waals surface area contributed by atoms with Gasteiger partial charge in [-0.1, -0.05) is 6.07 Å². The van der Waals surface area contributed by atoms with E-state index in [-0.39, 0.29) is 18.3 Å². The summed E-state index contributed by atoms with van der Waals surface area (Å²) in [6, 6.07) is 6.50. The molecule has 1 aromatic carbocycles. The summed E-state index contributed by atoms with van der Waals surface area (Å²) in [6.07, 6.45) is 4.75. The second kappa shape index (κ2) is 12.0. The largest absolute Gasteiger partial charge is 0.490 e. The Kier molecular flexibility index (Phi) is 10.3. The van der Waals surface area contributed by atoms with Gasteiger partial charge in [0.05, 0.1) is 13.2 Å². The van der Waals surface area contributed by atoms with Gasteiger partial charge < -0.3 is 20.1 Å². The number of hydrogen-bond acceptors (Lipinski definition) is 4. The Bertz CT molecular complexity index is 519. The predicted octanol–water partition coefficient (Wildman–Crippen LogP) is 3.10. The van der Waals surface area contributed by atoms with E-state index in [1.54, 1.807) is 0 Å². The van der Waals surface area contributed by atoms with Crippen LogP contribution in [0.15, 0.2) is 18.2 Å². The van der Waals surface area contributed by atoms with Crippen molar-refractivity contribution in [2.24, 2.45) is 0 Å². The average molecular weight is 371 g/mol. The average Bonchev–Trinajstić information content (AvgIpc) is 3.09. The van der Waals surface area contributed by atoms with E-state index in [2.05, 4.69) is 10.6 Å². The highest BCUT2D eigenvalue weighted by Gasteiger charge is 2.15. The molecule has 1 aromatic rings. The van der Waals surface area contributed by atoms with Crippen molar-refractivity contribution in [3.8, 4) is 11.5 Å². The summed E-state index contributed by atoms with van der Waals surface area (Å²) >= 11 is 0. The normalized spacial score (nSPS) is 16.2. The highest BCUT2D eigenvalue weighted by molar-refractivity contribution is 5.85. The Hall–Kier alpha value is -1.46. The third kappa shape index (κ3) is 7.53. The van der Waals surface area contributed by atoms with Gasteiger partial charge in [0.1, 0.15) is 0 Å². The number of halogens is 1. The Morgan fingerprint density at radius 2 is 2.00 bits per heavy atom. The van der Waals surface area contributed by atoms with Gasteiger partial charge in [0, 0.05) is 19.0 Å². The van der Waals surface area contributed by atoms with E-state index in [0.29, 0.717) is 32.2 Å². The Morgan fingerprint density at radius 3 is 2.68 bits per heavy atom. The van der Waals surface area contributed by atoms with Crippen LogP contribution in [-0.2, 0) is 11.2 Å². The molecule has 0 saturated carbocycles. The van der Waals surface area contributed by atoms with E-state index in [4.69, 9.17) is 9.47 Å².